The Morgan fingerprint density at radius 3 is 2.63 bits per heavy atom. The van der Waals surface area contributed by atoms with Gasteiger partial charge in [0.2, 0.25) is 0 Å². The van der Waals surface area contributed by atoms with E-state index in [0.717, 1.165) is 6.42 Å². The number of aromatic nitrogens is 3. The van der Waals surface area contributed by atoms with Gasteiger partial charge in [0.25, 0.3) is 5.60 Å². The smallest absolute Gasteiger partial charge is 0.348 e. The van der Waals surface area contributed by atoms with E-state index in [-0.39, 0.29) is 33.6 Å². The number of urea groups is 1. The Morgan fingerprint density at radius 1 is 1.30 bits per heavy atom. The second kappa shape index (κ2) is 11.3. The van der Waals surface area contributed by atoms with Gasteiger partial charge >= 0.3 is 18.0 Å². The lowest BCUT2D eigenvalue weighted by molar-refractivity contribution is -0.191. The fourth-order valence-electron chi connectivity index (χ4n) is 5.09. The molecule has 2 fully saturated rings. The number of carbonyl (C=O) groups excluding carboxylic acids is 1. The van der Waals surface area contributed by atoms with Crippen LogP contribution in [-0.4, -0.2) is 96.0 Å². The number of pyridine rings is 1. The third-order valence-electron chi connectivity index (χ3n) is 7.50. The number of terminal acetylenes is 1. The molecule has 2 saturated heterocycles. The molecular formula is C27H27ClN6O9. The van der Waals surface area contributed by atoms with Crippen LogP contribution in [0.2, 0.25) is 5.15 Å². The summed E-state index contributed by atoms with van der Waals surface area (Å²) in [5, 5.41) is 45.0. The Bertz CT molecular complexity index is 1610. The number of carboxylic acids is 2. The zero-order valence-electron chi connectivity index (χ0n) is 22.4. The highest BCUT2D eigenvalue weighted by Gasteiger charge is 2.58. The normalized spacial score (nSPS) is 24.1. The predicted molar refractivity (Wildman–Crippen MR) is 150 cm³/mol. The number of halogens is 1. The summed E-state index contributed by atoms with van der Waals surface area (Å²) in [6.45, 7) is 0.197. The Morgan fingerprint density at radius 2 is 2.00 bits per heavy atom. The van der Waals surface area contributed by atoms with Crippen LogP contribution in [-0.2, 0) is 25.5 Å². The van der Waals surface area contributed by atoms with Gasteiger partial charge in [0.15, 0.2) is 17.5 Å². The van der Waals surface area contributed by atoms with Crippen LogP contribution in [0, 0.1) is 12.3 Å². The maximum absolute atomic E-state index is 12.4. The number of rotatable bonds is 9. The van der Waals surface area contributed by atoms with Gasteiger partial charge in [-0.15, -0.1) is 6.42 Å². The standard InChI is InChI=1S/C27H27ClN6O9/c1-2-26(41)17(43-22(20(26)35)34-13-31-19-16(29)10-18(28)32-21(19)34)12-42-27(23(36)37,24(38)39)11-14-4-6-15(7-5-14)33-9-3-8-30-25(33)40/h1,4-7,10,13,17,20,22,35,41H,3,8-9,11-12H2,(H2,29,32)(H,30,40)(H,36,37)(H,38,39)/t17-,20+,22-,26-/m1/s1. The summed E-state index contributed by atoms with van der Waals surface area (Å²) in [5.41, 5.74) is 2.00. The zero-order chi connectivity index (χ0) is 31.1. The summed E-state index contributed by atoms with van der Waals surface area (Å²) in [6.07, 6.45) is 2.07. The maximum Gasteiger partial charge on any atom is 0.348 e. The highest BCUT2D eigenvalue weighted by molar-refractivity contribution is 6.30. The molecule has 2 amide bonds. The first-order valence-electron chi connectivity index (χ1n) is 13.0. The molecule has 5 rings (SSSR count). The van der Waals surface area contributed by atoms with Crippen LogP contribution in [0.5, 0.6) is 0 Å². The van der Waals surface area contributed by atoms with Crippen molar-refractivity contribution in [3.63, 3.8) is 0 Å². The van der Waals surface area contributed by atoms with Crippen molar-refractivity contribution < 1.29 is 44.3 Å². The lowest BCUT2D eigenvalue weighted by Gasteiger charge is -2.30. The number of carbonyl (C=O) groups is 3. The molecule has 0 spiro atoms. The molecule has 15 nitrogen and oxygen atoms in total. The SMILES string of the molecule is C#C[C@@]1(O)[C@@H](COC(Cc2ccc(N3CCCNC3=O)cc2)(C(=O)O)C(=O)O)O[C@@H](n2cnc3c(N)cc(Cl)nc32)[C@@H]1O. The number of imidazole rings is 1. The van der Waals surface area contributed by atoms with Crippen LogP contribution in [0.15, 0.2) is 36.7 Å². The Labute approximate surface area is 248 Å². The first-order chi connectivity index (χ1) is 20.4. The molecule has 0 aliphatic carbocycles. The van der Waals surface area contributed by atoms with Crippen molar-refractivity contribution in [1.29, 1.82) is 0 Å². The van der Waals surface area contributed by atoms with Crippen LogP contribution >= 0.6 is 11.6 Å². The summed E-state index contributed by atoms with van der Waals surface area (Å²) in [7, 11) is 0. The third kappa shape index (κ3) is 5.19. The van der Waals surface area contributed by atoms with E-state index >= 15 is 0 Å². The maximum atomic E-state index is 12.4. The van der Waals surface area contributed by atoms with Gasteiger partial charge in [0.1, 0.15) is 22.9 Å². The minimum Gasteiger partial charge on any atom is -0.479 e. The molecule has 4 atom stereocenters. The lowest BCUT2D eigenvalue weighted by Crippen LogP contribution is -2.55. The van der Waals surface area contributed by atoms with Crippen LogP contribution in [0.1, 0.15) is 18.2 Å². The molecule has 1 aromatic carbocycles. The number of fused-ring (bicyclic) bond motifs is 1. The molecule has 0 radical (unpaired) electrons. The number of nitrogens with zero attached hydrogens (tertiary/aromatic N) is 4. The molecule has 4 heterocycles. The number of anilines is 2. The van der Waals surface area contributed by atoms with E-state index in [1.165, 1.54) is 34.0 Å². The number of aliphatic hydroxyl groups is 2. The number of nitrogens with one attached hydrogen (secondary N) is 1. The van der Waals surface area contributed by atoms with Crippen molar-refractivity contribution in [1.82, 2.24) is 19.9 Å². The molecule has 0 saturated carbocycles. The highest BCUT2D eigenvalue weighted by Crippen LogP contribution is 2.39. The summed E-state index contributed by atoms with van der Waals surface area (Å²) >= 11 is 6.02. The summed E-state index contributed by atoms with van der Waals surface area (Å²) < 4.78 is 12.5. The molecule has 2 aliphatic rings. The molecule has 3 aromatic rings. The number of amides is 2. The third-order valence-corrected chi connectivity index (χ3v) is 7.70. The van der Waals surface area contributed by atoms with E-state index in [1.807, 2.05) is 0 Å². The average Bonchev–Trinajstić information content (AvgIpc) is 3.50. The minimum absolute atomic E-state index is 0.0197. The van der Waals surface area contributed by atoms with Gasteiger partial charge in [-0.2, -0.15) is 0 Å². The number of aliphatic carboxylic acids is 2. The Balaban J connectivity index is 1.39. The van der Waals surface area contributed by atoms with Crippen molar-refractivity contribution in [3.8, 4) is 12.3 Å². The zero-order valence-corrected chi connectivity index (χ0v) is 23.1. The first kappa shape index (κ1) is 30.0. The molecule has 43 heavy (non-hydrogen) atoms. The van der Waals surface area contributed by atoms with Crippen LogP contribution in [0.25, 0.3) is 11.2 Å². The van der Waals surface area contributed by atoms with E-state index in [0.29, 0.717) is 18.8 Å². The molecule has 2 aliphatic heterocycles. The van der Waals surface area contributed by atoms with Crippen molar-refractivity contribution in [3.05, 3.63) is 47.4 Å². The van der Waals surface area contributed by atoms with Gasteiger partial charge in [-0.1, -0.05) is 29.7 Å². The Kier molecular flexibility index (Phi) is 7.90. The van der Waals surface area contributed by atoms with Crippen molar-refractivity contribution >= 4 is 52.1 Å². The van der Waals surface area contributed by atoms with Gasteiger partial charge in [0, 0.05) is 31.3 Å². The minimum atomic E-state index is -2.84. The number of aliphatic hydroxyl groups excluding tert-OH is 1. The number of carboxylic acid groups (broad SMARTS) is 2. The summed E-state index contributed by atoms with van der Waals surface area (Å²) in [4.78, 5) is 46.7. The summed E-state index contributed by atoms with van der Waals surface area (Å²) in [6, 6.07) is 7.19. The molecule has 16 heteroatoms. The van der Waals surface area contributed by atoms with E-state index in [2.05, 4.69) is 21.2 Å². The number of hydrogen-bond donors (Lipinski definition) is 6. The number of hydrogen-bond acceptors (Lipinski definition) is 10. The van der Waals surface area contributed by atoms with Crippen molar-refractivity contribution in [2.75, 3.05) is 30.3 Å². The number of benzene rings is 1. The van der Waals surface area contributed by atoms with Gasteiger partial charge in [-0.05, 0) is 24.1 Å². The van der Waals surface area contributed by atoms with E-state index in [1.54, 1.807) is 12.1 Å². The molecular weight excluding hydrogens is 588 g/mol. The second-order valence-corrected chi connectivity index (χ2v) is 10.5. The highest BCUT2D eigenvalue weighted by atomic mass is 35.5. The molecule has 226 valence electrons. The molecule has 0 unspecified atom stereocenters. The average molecular weight is 615 g/mol. The summed E-state index contributed by atoms with van der Waals surface area (Å²) in [5.74, 6) is -1.60. The van der Waals surface area contributed by atoms with Crippen molar-refractivity contribution in [2.45, 2.75) is 42.5 Å². The number of nitrogens with two attached hydrogens (primary N) is 1. The van der Waals surface area contributed by atoms with Gasteiger partial charge in [-0.25, -0.2) is 24.4 Å². The van der Waals surface area contributed by atoms with Crippen LogP contribution in [0.4, 0.5) is 16.2 Å². The predicted octanol–water partition coefficient (Wildman–Crippen LogP) is 0.377. The van der Waals surface area contributed by atoms with Gasteiger partial charge in [-0.3, -0.25) is 9.47 Å². The topological polar surface area (TPSA) is 223 Å². The molecule has 2 aromatic heterocycles. The first-order valence-corrected chi connectivity index (χ1v) is 13.4. The largest absolute Gasteiger partial charge is 0.479 e. The lowest BCUT2D eigenvalue weighted by atomic mass is 9.91. The van der Waals surface area contributed by atoms with E-state index in [9.17, 15) is 34.8 Å². The monoisotopic (exact) mass is 614 g/mol. The van der Waals surface area contributed by atoms with Crippen LogP contribution in [0.3, 0.4) is 0 Å². The van der Waals surface area contributed by atoms with Gasteiger partial charge in [0.05, 0.1) is 18.6 Å². The fourth-order valence-corrected chi connectivity index (χ4v) is 5.29. The fraction of sp³-hybridized carbons (Fsp3) is 0.370. The molecule has 7 N–H and O–H groups in total. The van der Waals surface area contributed by atoms with Crippen molar-refractivity contribution in [2.24, 2.45) is 0 Å². The quantitative estimate of drug-likeness (QED) is 0.109. The Hall–Kier alpha value is -4.46. The number of nitrogen functional groups attached to an aromatic ring is 1. The second-order valence-electron chi connectivity index (χ2n) is 10.1. The van der Waals surface area contributed by atoms with E-state index < -0.39 is 54.6 Å². The van der Waals surface area contributed by atoms with Crippen LogP contribution < -0.4 is 16.0 Å². The number of ether oxygens (including phenoxy) is 2. The van der Waals surface area contributed by atoms with Gasteiger partial charge < -0.3 is 41.0 Å². The van der Waals surface area contributed by atoms with E-state index in [4.69, 9.17) is 33.2 Å². The molecule has 0 bridgehead atoms.